The van der Waals surface area contributed by atoms with Crippen LogP contribution in [0.5, 0.6) is 0 Å². The van der Waals surface area contributed by atoms with Crippen LogP contribution in [0.3, 0.4) is 0 Å². The number of thiophene rings is 1. The van der Waals surface area contributed by atoms with Crippen LogP contribution in [0.4, 0.5) is 0 Å². The number of hydrogen-bond donors (Lipinski definition) is 0. The molecule has 1 heterocycles. The van der Waals surface area contributed by atoms with Crippen molar-refractivity contribution < 1.29 is 32.7 Å². The molecule has 1 radical (unpaired) electrons. The average molecular weight is 215 g/mol. The first-order valence-electron chi connectivity index (χ1n) is 2.38. The summed E-state index contributed by atoms with van der Waals surface area (Å²) in [4.78, 5) is 1.42. The second-order valence-corrected chi connectivity index (χ2v) is 2.34. The summed E-state index contributed by atoms with van der Waals surface area (Å²) in [7, 11) is 0. The number of aryl methyl sites for hydroxylation is 1. The van der Waals surface area contributed by atoms with Crippen molar-refractivity contribution in [2.75, 3.05) is 0 Å². The Labute approximate surface area is 86.6 Å². The molecular weight excluding hydrogens is 205 g/mol. The third-order valence-electron chi connectivity index (χ3n) is 0.876. The molecule has 0 nitrogen and oxygen atoms in total. The van der Waals surface area contributed by atoms with Gasteiger partial charge in [0.05, 0.1) is 0 Å². The largest absolute Gasteiger partial charge is 0.358 e. The van der Waals surface area contributed by atoms with Gasteiger partial charge >= 0.3 is 0 Å². The van der Waals surface area contributed by atoms with E-state index < -0.39 is 0 Å². The Morgan fingerprint density at radius 1 is 1.67 bits per heavy atom. The third-order valence-corrected chi connectivity index (χ3v) is 1.82. The molecule has 0 N–H and O–H groups in total. The van der Waals surface area contributed by atoms with Crippen LogP contribution in [-0.2, 0) is 39.1 Å². The molecule has 0 fully saturated rings. The molecule has 0 aliphatic heterocycles. The van der Waals surface area contributed by atoms with Crippen LogP contribution in [0, 0.1) is 12.8 Å². The third kappa shape index (κ3) is 4.24. The van der Waals surface area contributed by atoms with Gasteiger partial charge in [-0.2, -0.15) is 6.07 Å². The molecule has 0 bridgehead atoms. The maximum Gasteiger partial charge on any atom is 0 e. The molecule has 2 heteroatoms. The summed E-state index contributed by atoms with van der Waals surface area (Å²) in [6, 6.07) is 4.06. The van der Waals surface area contributed by atoms with Gasteiger partial charge in [-0.25, -0.2) is 6.07 Å². The van der Waals surface area contributed by atoms with Gasteiger partial charge in [-0.3, -0.25) is 0 Å². The van der Waals surface area contributed by atoms with Crippen molar-refractivity contribution in [2.45, 2.75) is 13.3 Å². The molecule has 0 unspecified atom stereocenters. The summed E-state index contributed by atoms with van der Waals surface area (Å²) in [6.45, 7) is 2.15. The van der Waals surface area contributed by atoms with Crippen LogP contribution in [0.15, 0.2) is 12.1 Å². The van der Waals surface area contributed by atoms with Crippen molar-refractivity contribution in [3.8, 4) is 0 Å². The van der Waals surface area contributed by atoms with Crippen LogP contribution >= 0.6 is 11.3 Å². The Morgan fingerprint density at radius 3 is 2.56 bits per heavy atom. The van der Waals surface area contributed by atoms with Crippen molar-refractivity contribution in [3.05, 3.63) is 29.8 Å². The maximum absolute atomic E-state index is 3.02. The molecule has 9 heavy (non-hydrogen) atoms. The summed E-state index contributed by atoms with van der Waals surface area (Å²) >= 11 is 1.70. The zero-order chi connectivity index (χ0) is 5.11. The van der Waals surface area contributed by atoms with Crippen LogP contribution in [0.2, 0.25) is 0 Å². The first-order valence-corrected chi connectivity index (χ1v) is 3.20. The molecule has 1 rings (SSSR count). The topological polar surface area (TPSA) is 0 Å². The Kier molecular flexibility index (Phi) is 9.59. The molecule has 0 atom stereocenters. The number of rotatable bonds is 1. The Hall–Kier alpha value is 0.804. The molecule has 49 valence electrons. The normalized spacial score (nSPS) is 7.22. The van der Waals surface area contributed by atoms with Gasteiger partial charge in [0, 0.05) is 32.7 Å². The van der Waals surface area contributed by atoms with E-state index >= 15 is 0 Å². The first-order chi connectivity index (χ1) is 3.43. The summed E-state index contributed by atoms with van der Waals surface area (Å²) in [5, 5.41) is 3.02. The quantitative estimate of drug-likeness (QED) is 0.631. The van der Waals surface area contributed by atoms with E-state index in [1.807, 2.05) is 6.07 Å². The van der Waals surface area contributed by atoms with E-state index in [2.05, 4.69) is 18.4 Å². The molecule has 1 aromatic heterocycles. The summed E-state index contributed by atoms with van der Waals surface area (Å²) in [5.41, 5.74) is 0. The van der Waals surface area contributed by atoms with Gasteiger partial charge in [0.25, 0.3) is 0 Å². The summed E-state index contributed by atoms with van der Waals surface area (Å²) in [5.74, 6) is 0. The predicted molar refractivity (Wildman–Crippen MR) is 38.9 cm³/mol. The summed E-state index contributed by atoms with van der Waals surface area (Å²) < 4.78 is 0. The van der Waals surface area contributed by atoms with Gasteiger partial charge in [0.1, 0.15) is 0 Å². The van der Waals surface area contributed by atoms with E-state index in [1.54, 1.807) is 11.3 Å². The molecule has 1 aromatic rings. The zero-order valence-electron chi connectivity index (χ0n) is 5.85. The Morgan fingerprint density at radius 2 is 2.33 bits per heavy atom. The zero-order valence-corrected chi connectivity index (χ0v) is 9.50. The van der Waals surface area contributed by atoms with E-state index in [0.717, 1.165) is 6.42 Å². The van der Waals surface area contributed by atoms with Crippen molar-refractivity contribution in [2.24, 2.45) is 0 Å². The fraction of sp³-hybridized carbons (Fsp3) is 0.286. The standard InChI is InChI=1S/C6H7S.CH3.Y/c1-2-6-4-3-5-7-6;;/h3-4H,2H2,1H3;1H3;/q2*-1;. The van der Waals surface area contributed by atoms with E-state index in [0.29, 0.717) is 0 Å². The van der Waals surface area contributed by atoms with Crippen LogP contribution in [0.1, 0.15) is 11.8 Å². The van der Waals surface area contributed by atoms with Crippen molar-refractivity contribution in [1.29, 1.82) is 0 Å². The maximum atomic E-state index is 3.02. The molecule has 0 saturated heterocycles. The molecule has 0 aliphatic rings. The Balaban J connectivity index is 0. The van der Waals surface area contributed by atoms with E-state index in [4.69, 9.17) is 0 Å². The second-order valence-electron chi connectivity index (χ2n) is 1.37. The minimum Gasteiger partial charge on any atom is -0.358 e. The number of hydrogen-bond acceptors (Lipinski definition) is 1. The minimum atomic E-state index is 0. The Bertz CT molecular complexity index is 123. The predicted octanol–water partition coefficient (Wildman–Crippen LogP) is 2.56. The van der Waals surface area contributed by atoms with E-state index in [-0.39, 0.29) is 40.1 Å². The van der Waals surface area contributed by atoms with Gasteiger partial charge in [-0.1, -0.05) is 13.3 Å². The average Bonchev–Trinajstić information content (AvgIpc) is 2.14. The van der Waals surface area contributed by atoms with Gasteiger partial charge < -0.3 is 18.8 Å². The van der Waals surface area contributed by atoms with Gasteiger partial charge in [-0.05, 0) is 0 Å². The van der Waals surface area contributed by atoms with Gasteiger partial charge in [0.15, 0.2) is 0 Å². The van der Waals surface area contributed by atoms with Crippen molar-refractivity contribution in [3.63, 3.8) is 0 Å². The smallest absolute Gasteiger partial charge is 0 e. The van der Waals surface area contributed by atoms with E-state index in [9.17, 15) is 0 Å². The molecule has 0 amide bonds. The first kappa shape index (κ1) is 12.5. The van der Waals surface area contributed by atoms with E-state index in [1.165, 1.54) is 4.88 Å². The van der Waals surface area contributed by atoms with Crippen LogP contribution < -0.4 is 0 Å². The second kappa shape index (κ2) is 6.92. The van der Waals surface area contributed by atoms with Gasteiger partial charge in [-0.15, -0.1) is 10.3 Å². The van der Waals surface area contributed by atoms with Crippen molar-refractivity contribution in [1.82, 2.24) is 0 Å². The molecule has 0 saturated carbocycles. The molecule has 0 aromatic carbocycles. The SMILES string of the molecule is CCc1cc[c-]s1.[CH3-].[Y]. The fourth-order valence-electron chi connectivity index (χ4n) is 0.461. The minimum absolute atomic E-state index is 0. The monoisotopic (exact) mass is 215 g/mol. The van der Waals surface area contributed by atoms with Crippen molar-refractivity contribution >= 4 is 11.3 Å². The van der Waals surface area contributed by atoms with Crippen LogP contribution in [0.25, 0.3) is 0 Å². The summed E-state index contributed by atoms with van der Waals surface area (Å²) in [6.07, 6.45) is 1.15. The fourth-order valence-corrected chi connectivity index (χ4v) is 1.03. The molecular formula is C7H10SY-2. The van der Waals surface area contributed by atoms with Crippen LogP contribution in [-0.4, -0.2) is 0 Å². The molecule has 0 aliphatic carbocycles. The molecule has 0 spiro atoms. The van der Waals surface area contributed by atoms with Gasteiger partial charge in [0.2, 0.25) is 0 Å².